The third-order valence-corrected chi connectivity index (χ3v) is 2.74. The molecule has 0 aliphatic carbocycles. The molecule has 1 saturated heterocycles. The normalized spacial score (nSPS) is 19.2. The Balaban J connectivity index is 2.13. The summed E-state index contributed by atoms with van der Waals surface area (Å²) in [4.78, 5) is 4.11. The first-order valence-electron chi connectivity index (χ1n) is 4.56. The molecule has 0 radical (unpaired) electrons. The van der Waals surface area contributed by atoms with E-state index in [9.17, 15) is 0 Å². The van der Waals surface area contributed by atoms with Crippen molar-refractivity contribution in [3.8, 4) is 0 Å². The van der Waals surface area contributed by atoms with Crippen LogP contribution in [0, 0.1) is 0 Å². The third-order valence-electron chi connectivity index (χ3n) is 2.47. The van der Waals surface area contributed by atoms with E-state index >= 15 is 0 Å². The molecule has 4 heteroatoms. The van der Waals surface area contributed by atoms with Gasteiger partial charge in [-0.1, -0.05) is 0 Å². The number of ether oxygens (including phenoxy) is 1. The van der Waals surface area contributed by atoms with Gasteiger partial charge in [-0.3, -0.25) is 0 Å². The molecule has 1 aromatic heterocycles. The second-order valence-corrected chi connectivity index (χ2v) is 3.54. The van der Waals surface area contributed by atoms with Gasteiger partial charge in [0.2, 0.25) is 0 Å². The van der Waals surface area contributed by atoms with Crippen molar-refractivity contribution in [1.29, 1.82) is 0 Å². The molecule has 2 rings (SSSR count). The molecule has 0 aromatic carbocycles. The van der Waals surface area contributed by atoms with Crippen molar-refractivity contribution in [3.63, 3.8) is 0 Å². The van der Waals surface area contributed by atoms with Gasteiger partial charge in [0.15, 0.2) is 0 Å². The summed E-state index contributed by atoms with van der Waals surface area (Å²) in [6.07, 6.45) is 5.84. The van der Waals surface area contributed by atoms with Crippen LogP contribution in [0.25, 0.3) is 0 Å². The van der Waals surface area contributed by atoms with E-state index in [1.54, 1.807) is 0 Å². The number of nitrogens with zero attached hydrogens (tertiary/aromatic N) is 2. The lowest BCUT2D eigenvalue weighted by atomic mass is 10.1. The summed E-state index contributed by atoms with van der Waals surface area (Å²) < 4.78 is 7.48. The number of hydrogen-bond acceptors (Lipinski definition) is 2. The topological polar surface area (TPSA) is 27.1 Å². The molecule has 3 nitrogen and oxygen atoms in total. The Morgan fingerprint density at radius 3 is 3.00 bits per heavy atom. The molecule has 0 spiro atoms. The predicted octanol–water partition coefficient (Wildman–Crippen LogP) is 1.97. The Morgan fingerprint density at radius 2 is 2.31 bits per heavy atom. The van der Waals surface area contributed by atoms with Crippen molar-refractivity contribution >= 4 is 11.6 Å². The molecular weight excluding hydrogens is 188 g/mol. The van der Waals surface area contributed by atoms with Crippen LogP contribution >= 0.6 is 11.6 Å². The smallest absolute Gasteiger partial charge is 0.0951 e. The Hall–Kier alpha value is -0.540. The molecule has 1 fully saturated rings. The van der Waals surface area contributed by atoms with Gasteiger partial charge in [0.25, 0.3) is 0 Å². The fourth-order valence-electron chi connectivity index (χ4n) is 1.73. The van der Waals surface area contributed by atoms with Crippen LogP contribution < -0.4 is 0 Å². The predicted molar refractivity (Wildman–Crippen MR) is 50.9 cm³/mol. The molecule has 13 heavy (non-hydrogen) atoms. The van der Waals surface area contributed by atoms with Crippen molar-refractivity contribution in [2.45, 2.75) is 24.8 Å². The van der Waals surface area contributed by atoms with Crippen molar-refractivity contribution in [2.75, 3.05) is 13.2 Å². The van der Waals surface area contributed by atoms with Crippen LogP contribution in [0.4, 0.5) is 0 Å². The fourth-order valence-corrected chi connectivity index (χ4v) is 1.93. The zero-order valence-corrected chi connectivity index (χ0v) is 8.20. The van der Waals surface area contributed by atoms with Gasteiger partial charge in [0.1, 0.15) is 0 Å². The first-order chi connectivity index (χ1) is 6.42. The minimum atomic E-state index is 0.532. The van der Waals surface area contributed by atoms with Gasteiger partial charge in [0, 0.05) is 25.5 Å². The zero-order chi connectivity index (χ0) is 9.10. The maximum Gasteiger partial charge on any atom is 0.0951 e. The highest BCUT2D eigenvalue weighted by atomic mass is 35.5. The highest BCUT2D eigenvalue weighted by molar-refractivity contribution is 6.16. The van der Waals surface area contributed by atoms with Crippen molar-refractivity contribution in [3.05, 3.63) is 18.2 Å². The minimum Gasteiger partial charge on any atom is -0.381 e. The van der Waals surface area contributed by atoms with Gasteiger partial charge in [-0.05, 0) is 12.8 Å². The van der Waals surface area contributed by atoms with Crippen LogP contribution in [0.5, 0.6) is 0 Å². The van der Waals surface area contributed by atoms with Crippen LogP contribution in [-0.4, -0.2) is 22.8 Å². The van der Waals surface area contributed by atoms with Gasteiger partial charge in [-0.2, -0.15) is 0 Å². The van der Waals surface area contributed by atoms with Gasteiger partial charge in [0.05, 0.1) is 17.9 Å². The summed E-state index contributed by atoms with van der Waals surface area (Å²) in [6.45, 7) is 1.70. The monoisotopic (exact) mass is 200 g/mol. The van der Waals surface area contributed by atoms with Crippen LogP contribution in [0.2, 0.25) is 0 Å². The van der Waals surface area contributed by atoms with E-state index in [1.807, 2.05) is 12.5 Å². The van der Waals surface area contributed by atoms with E-state index in [1.165, 1.54) is 0 Å². The number of halogens is 1. The molecular formula is C9H13ClN2O. The zero-order valence-electron chi connectivity index (χ0n) is 7.45. The van der Waals surface area contributed by atoms with E-state index in [0.717, 1.165) is 31.7 Å². The maximum atomic E-state index is 5.80. The average Bonchev–Trinajstić information content (AvgIpc) is 2.67. The summed E-state index contributed by atoms with van der Waals surface area (Å²) in [5, 5.41) is 0. The minimum absolute atomic E-state index is 0.532. The van der Waals surface area contributed by atoms with Gasteiger partial charge in [-0.25, -0.2) is 4.98 Å². The van der Waals surface area contributed by atoms with Gasteiger partial charge >= 0.3 is 0 Å². The molecule has 2 heterocycles. The first kappa shape index (κ1) is 9.03. The third kappa shape index (κ3) is 1.86. The number of imidazole rings is 1. The van der Waals surface area contributed by atoms with E-state index < -0.39 is 0 Å². The second kappa shape index (κ2) is 4.11. The summed E-state index contributed by atoms with van der Waals surface area (Å²) in [7, 11) is 0. The molecule has 0 unspecified atom stereocenters. The molecule has 0 atom stereocenters. The van der Waals surface area contributed by atoms with Crippen LogP contribution in [0.3, 0.4) is 0 Å². The Morgan fingerprint density at radius 1 is 1.54 bits per heavy atom. The Bertz CT molecular complexity index is 268. The van der Waals surface area contributed by atoms with Crippen molar-refractivity contribution in [2.24, 2.45) is 0 Å². The van der Waals surface area contributed by atoms with Gasteiger partial charge < -0.3 is 9.30 Å². The Labute approximate surface area is 82.7 Å². The number of alkyl halides is 1. The SMILES string of the molecule is ClCc1cncn1C1CCOCC1. The molecule has 0 N–H and O–H groups in total. The molecule has 72 valence electrons. The molecule has 1 aliphatic heterocycles. The molecule has 1 aliphatic rings. The summed E-state index contributed by atoms with van der Waals surface area (Å²) in [5.74, 6) is 0.539. The van der Waals surface area contributed by atoms with E-state index in [4.69, 9.17) is 16.3 Å². The molecule has 1 aromatic rings. The van der Waals surface area contributed by atoms with Gasteiger partial charge in [-0.15, -0.1) is 11.6 Å². The highest BCUT2D eigenvalue weighted by Crippen LogP contribution is 2.22. The van der Waals surface area contributed by atoms with Crippen molar-refractivity contribution < 1.29 is 4.74 Å². The molecule has 0 amide bonds. The lowest BCUT2D eigenvalue weighted by Gasteiger charge is -2.24. The summed E-state index contributed by atoms with van der Waals surface area (Å²) >= 11 is 5.80. The van der Waals surface area contributed by atoms with Crippen LogP contribution in [0.1, 0.15) is 24.6 Å². The second-order valence-electron chi connectivity index (χ2n) is 3.27. The highest BCUT2D eigenvalue weighted by Gasteiger charge is 2.17. The van der Waals surface area contributed by atoms with Crippen molar-refractivity contribution in [1.82, 2.24) is 9.55 Å². The number of hydrogen-bond donors (Lipinski definition) is 0. The van der Waals surface area contributed by atoms with Crippen LogP contribution in [0.15, 0.2) is 12.5 Å². The summed E-state index contributed by atoms with van der Waals surface area (Å²) in [6, 6.07) is 0.532. The van der Waals surface area contributed by atoms with Crippen LogP contribution in [-0.2, 0) is 10.6 Å². The molecule has 0 bridgehead atoms. The lowest BCUT2D eigenvalue weighted by molar-refractivity contribution is 0.0690. The average molecular weight is 201 g/mol. The van der Waals surface area contributed by atoms with E-state index in [2.05, 4.69) is 9.55 Å². The van der Waals surface area contributed by atoms with E-state index in [0.29, 0.717) is 11.9 Å². The summed E-state index contributed by atoms with van der Waals surface area (Å²) in [5.41, 5.74) is 1.11. The number of aromatic nitrogens is 2. The lowest BCUT2D eigenvalue weighted by Crippen LogP contribution is -2.20. The largest absolute Gasteiger partial charge is 0.381 e. The Kier molecular flexibility index (Phi) is 2.86. The quantitative estimate of drug-likeness (QED) is 0.683. The van der Waals surface area contributed by atoms with E-state index in [-0.39, 0.29) is 0 Å². The first-order valence-corrected chi connectivity index (χ1v) is 5.09. The fraction of sp³-hybridized carbons (Fsp3) is 0.667. The standard InChI is InChI=1S/C9H13ClN2O/c10-5-9-6-11-7-12(9)8-1-3-13-4-2-8/h6-8H,1-5H2. The molecule has 0 saturated carbocycles. The number of rotatable bonds is 2. The maximum absolute atomic E-state index is 5.80.